The van der Waals surface area contributed by atoms with Crippen molar-refractivity contribution in [2.24, 2.45) is 23.7 Å². The number of hydrogen-bond acceptors (Lipinski definition) is 27. The van der Waals surface area contributed by atoms with E-state index in [1.165, 1.54) is 38.5 Å². The summed E-state index contributed by atoms with van der Waals surface area (Å²) < 4.78 is 80.2. The number of carbonyl (C=O) groups excluding carboxylic acids is 3. The summed E-state index contributed by atoms with van der Waals surface area (Å²) in [5.74, 6) is -3.25. The van der Waals surface area contributed by atoms with E-state index in [0.717, 1.165) is 109 Å². The highest BCUT2D eigenvalue weighted by Crippen LogP contribution is 2.41. The molecule has 8 aliphatic rings. The van der Waals surface area contributed by atoms with E-state index >= 15 is 0 Å². The number of hydrogen-bond donors (Lipinski definition) is 11. The van der Waals surface area contributed by atoms with Crippen LogP contribution in [-0.4, -0.2) is 259 Å². The Morgan fingerprint density at radius 2 is 0.800 bits per heavy atom. The molecule has 0 radical (unpaired) electrons. The standard InChI is InChI=1S/C47H76O14.C35H52O14/c1-4-5-6-7-8-9-10-11-12-19-27-55-45(54)35(28-32-22-15-13-16-23-32)57-42-38(50)36(29-48)59-47(43(42)60-44(53)33-24-17-14-18-25-33)58-34-26-20-21-30(2)41(34)61-46-40(52)39(51)37(49)31(3)56-46;1-18-10-9-15-22(29(18)49-34-28(40)27(39)25(37)19(2)44-34)46-35-31(48-33(43)21-13-7-4-8-14-21)30(26(38)24(17-36)47-35)45-23(32(41)42)16-20-11-5-3-6-12-20/h14,17-18,24-25,30-32,34-43,46-52H,4-13,15-16,19-23,26-29H2,1-3H3;4,7-8,13-14,18-20,22-31,34-40H,3,5-6,9-12,15-17H2,1-2H3,(H,41,42)/t30?,31?,34?,35-,36?,37?,38?,39?,40?,41?,42?,43?,46?,47?;18?,19?,22?,23-,24?,25?,26?,27?,28?,29?,30?,31?,34?,35?/m00/s1. The van der Waals surface area contributed by atoms with Gasteiger partial charge < -0.3 is 118 Å². The summed E-state index contributed by atoms with van der Waals surface area (Å²) in [7, 11) is 0. The summed E-state index contributed by atoms with van der Waals surface area (Å²) >= 11 is 0. The van der Waals surface area contributed by atoms with Gasteiger partial charge in [-0.15, -0.1) is 0 Å². The van der Waals surface area contributed by atoms with Gasteiger partial charge in [0.1, 0.15) is 73.2 Å². The van der Waals surface area contributed by atoms with Gasteiger partial charge in [0.2, 0.25) is 0 Å². The zero-order valence-corrected chi connectivity index (χ0v) is 64.9. The number of carboxylic acid groups (broad SMARTS) is 1. The quantitative estimate of drug-likeness (QED) is 0.0182. The van der Waals surface area contributed by atoms with Crippen molar-refractivity contribution in [1.82, 2.24) is 0 Å². The molecule has 26 unspecified atom stereocenters. The van der Waals surface area contributed by atoms with E-state index in [1.807, 2.05) is 13.8 Å². The first-order valence-corrected chi connectivity index (χ1v) is 41.1. The normalized spacial score (nSPS) is 36.6. The van der Waals surface area contributed by atoms with Crippen LogP contribution in [0.2, 0.25) is 0 Å². The highest BCUT2D eigenvalue weighted by atomic mass is 16.8. The van der Waals surface area contributed by atoms with Crippen LogP contribution < -0.4 is 0 Å². The van der Waals surface area contributed by atoms with E-state index in [9.17, 15) is 75.3 Å². The molecule has 10 rings (SSSR count). The minimum Gasteiger partial charge on any atom is -0.479 e. The third-order valence-electron chi connectivity index (χ3n) is 23.5. The molecule has 28 atom stereocenters. The number of carbonyl (C=O) groups is 4. The third-order valence-corrected chi connectivity index (χ3v) is 23.5. The summed E-state index contributed by atoms with van der Waals surface area (Å²) in [6, 6.07) is 16.5. The number of aliphatic carboxylic acids is 1. The van der Waals surface area contributed by atoms with Gasteiger partial charge in [-0.1, -0.05) is 192 Å². The molecule has 11 N–H and O–H groups in total. The highest BCUT2D eigenvalue weighted by Gasteiger charge is 2.56. The Bertz CT molecular complexity index is 2980. The third kappa shape index (κ3) is 25.0. The van der Waals surface area contributed by atoms with Gasteiger partial charge in [-0.2, -0.15) is 0 Å². The summed E-state index contributed by atoms with van der Waals surface area (Å²) in [6.45, 7) is 8.18. The van der Waals surface area contributed by atoms with Crippen LogP contribution in [-0.2, 0) is 71.2 Å². The van der Waals surface area contributed by atoms with Crippen molar-refractivity contribution in [1.29, 1.82) is 0 Å². The van der Waals surface area contributed by atoms with Crippen LogP contribution in [0.15, 0.2) is 60.7 Å². The number of ether oxygens (including phenoxy) is 13. The number of aliphatic hydroxyl groups is 10. The summed E-state index contributed by atoms with van der Waals surface area (Å²) in [6.07, 6.45) is -6.76. The Balaban J connectivity index is 0.000000259. The molecular weight excluding hydrogens is 1430 g/mol. The molecule has 0 aromatic heterocycles. The molecule has 4 heterocycles. The number of carboxylic acids is 1. The van der Waals surface area contributed by atoms with Crippen molar-refractivity contribution >= 4 is 23.9 Å². The van der Waals surface area contributed by atoms with Crippen LogP contribution in [0.25, 0.3) is 0 Å². The zero-order chi connectivity index (χ0) is 79.0. The van der Waals surface area contributed by atoms with Gasteiger partial charge in [0.15, 0.2) is 49.6 Å². The average Bonchev–Trinajstić information content (AvgIpc) is 0.784. The fraction of sp³-hybridized carbons (Fsp3) is 0.805. The van der Waals surface area contributed by atoms with E-state index in [2.05, 4.69) is 6.92 Å². The lowest BCUT2D eigenvalue weighted by Crippen LogP contribution is -2.64. The molecular formula is C82H128O28. The maximum absolute atomic E-state index is 14.0. The van der Waals surface area contributed by atoms with Gasteiger partial charge in [-0.05, 0) is 107 Å². The van der Waals surface area contributed by atoms with Crippen LogP contribution in [0.1, 0.15) is 235 Å². The smallest absolute Gasteiger partial charge is 0.338 e. The van der Waals surface area contributed by atoms with Gasteiger partial charge in [0.05, 0.1) is 67.6 Å². The molecule has 0 spiro atoms. The maximum atomic E-state index is 14.0. The second-order valence-corrected chi connectivity index (χ2v) is 32.0. The summed E-state index contributed by atoms with van der Waals surface area (Å²) in [5, 5.41) is 117. The number of aliphatic hydroxyl groups excluding tert-OH is 10. The molecule has 0 amide bonds. The fourth-order valence-electron chi connectivity index (χ4n) is 16.8. The van der Waals surface area contributed by atoms with Crippen LogP contribution in [0, 0.1) is 23.7 Å². The number of esters is 3. The van der Waals surface area contributed by atoms with E-state index in [-0.39, 0.29) is 47.8 Å². The molecule has 28 nitrogen and oxygen atoms in total. The molecule has 2 aromatic rings. The SMILES string of the molecule is CC1CCCC(OC2OC(CO)C(O)C(O[C@@H](CC3CCCCC3)C(=O)O)C2OC(=O)c2ccccc2)C1OC1OC(C)C(O)C(O)C1O.CCCCCCCCCCCCOC(=O)[C@H](CC1CCCCC1)OC1C(O)C(CO)OC(OC2CCCC(C)C2OC2OC(C)C(O)C(O)C2O)C1OC(=O)c1ccccc1. The highest BCUT2D eigenvalue weighted by molar-refractivity contribution is 5.90. The van der Waals surface area contributed by atoms with Crippen molar-refractivity contribution in [2.45, 2.75) is 374 Å². The van der Waals surface area contributed by atoms with E-state index < -0.39 is 197 Å². The Morgan fingerprint density at radius 1 is 0.409 bits per heavy atom. The van der Waals surface area contributed by atoms with Crippen molar-refractivity contribution in [2.75, 3.05) is 19.8 Å². The number of rotatable bonds is 35. The van der Waals surface area contributed by atoms with Crippen molar-refractivity contribution in [3.05, 3.63) is 71.8 Å². The Hall–Kier alpha value is -4.48. The van der Waals surface area contributed by atoms with Crippen molar-refractivity contribution < 1.29 is 137 Å². The van der Waals surface area contributed by atoms with Crippen molar-refractivity contribution in [3.8, 4) is 0 Å². The average molecular weight is 1560 g/mol. The lowest BCUT2D eigenvalue weighted by molar-refractivity contribution is -0.348. The minimum atomic E-state index is -1.58. The van der Waals surface area contributed by atoms with E-state index in [1.54, 1.807) is 74.5 Å². The van der Waals surface area contributed by atoms with Gasteiger partial charge >= 0.3 is 23.9 Å². The monoisotopic (exact) mass is 1560 g/mol. The fourth-order valence-corrected chi connectivity index (χ4v) is 16.8. The second-order valence-electron chi connectivity index (χ2n) is 32.0. The molecule has 4 saturated carbocycles. The lowest BCUT2D eigenvalue weighted by Gasteiger charge is -2.47. The molecule has 4 aliphatic heterocycles. The summed E-state index contributed by atoms with van der Waals surface area (Å²) in [5.41, 5.74) is 0.431. The van der Waals surface area contributed by atoms with Crippen molar-refractivity contribution in [3.63, 3.8) is 0 Å². The maximum Gasteiger partial charge on any atom is 0.338 e. The molecule has 8 fully saturated rings. The minimum absolute atomic E-state index is 0.110. The van der Waals surface area contributed by atoms with E-state index in [0.29, 0.717) is 25.7 Å². The van der Waals surface area contributed by atoms with E-state index in [4.69, 9.17) is 61.6 Å². The number of benzene rings is 2. The predicted octanol–water partition coefficient (Wildman–Crippen LogP) is 7.41. The van der Waals surface area contributed by atoms with Gasteiger partial charge in [0.25, 0.3) is 0 Å². The Morgan fingerprint density at radius 3 is 1.20 bits per heavy atom. The number of unbranched alkanes of at least 4 members (excludes halogenated alkanes) is 9. The molecule has 2 aromatic carbocycles. The van der Waals surface area contributed by atoms with Gasteiger partial charge in [0, 0.05) is 0 Å². The first kappa shape index (κ1) is 89.5. The summed E-state index contributed by atoms with van der Waals surface area (Å²) in [4.78, 5) is 53.7. The van der Waals surface area contributed by atoms with Crippen LogP contribution >= 0.6 is 0 Å². The Labute approximate surface area is 647 Å². The predicted molar refractivity (Wildman–Crippen MR) is 395 cm³/mol. The lowest BCUT2D eigenvalue weighted by atomic mass is 9.85. The van der Waals surface area contributed by atoms with Crippen LogP contribution in [0.3, 0.4) is 0 Å². The molecule has 110 heavy (non-hydrogen) atoms. The van der Waals surface area contributed by atoms with Crippen LogP contribution in [0.5, 0.6) is 0 Å². The Kier molecular flexibility index (Phi) is 36.7. The topological polar surface area (TPSA) is 411 Å². The molecule has 4 saturated heterocycles. The zero-order valence-electron chi connectivity index (χ0n) is 64.9. The molecule has 624 valence electrons. The first-order chi connectivity index (χ1) is 53.0. The first-order valence-electron chi connectivity index (χ1n) is 41.1. The largest absolute Gasteiger partial charge is 0.479 e. The van der Waals surface area contributed by atoms with Crippen LogP contribution in [0.4, 0.5) is 0 Å². The molecule has 0 bridgehead atoms. The second kappa shape index (κ2) is 45.1. The molecule has 4 aliphatic carbocycles. The van der Waals surface area contributed by atoms with Gasteiger partial charge in [-0.3, -0.25) is 0 Å². The molecule has 28 heteroatoms. The van der Waals surface area contributed by atoms with Gasteiger partial charge in [-0.25, -0.2) is 19.2 Å².